The number of hydrazine groups is 1. The van der Waals surface area contributed by atoms with Crippen LogP contribution < -0.4 is 15.6 Å². The number of carbonyl (C=O) groups excluding carboxylic acids is 2. The molecule has 148 valence electrons. The van der Waals surface area contributed by atoms with Gasteiger partial charge in [-0.3, -0.25) is 20.4 Å². The normalized spacial score (nSPS) is 11.3. The number of hydrogen-bond acceptors (Lipinski definition) is 3. The topological polar surface area (TPSA) is 67.4 Å². The predicted molar refractivity (Wildman–Crippen MR) is 115 cm³/mol. The van der Waals surface area contributed by atoms with Gasteiger partial charge >= 0.3 is 0 Å². The zero-order chi connectivity index (χ0) is 20.7. The monoisotopic (exact) mass is 464 g/mol. The molecule has 0 saturated carbocycles. The van der Waals surface area contributed by atoms with Gasteiger partial charge in [0.25, 0.3) is 11.8 Å². The number of benzene rings is 2. The summed E-state index contributed by atoms with van der Waals surface area (Å²) in [5.41, 5.74) is 6.45. The summed E-state index contributed by atoms with van der Waals surface area (Å²) >= 11 is 9.46. The largest absolute Gasteiger partial charge is 0.483 e. The Balaban J connectivity index is 1.81. The van der Waals surface area contributed by atoms with Gasteiger partial charge in [0.15, 0.2) is 6.61 Å². The second kappa shape index (κ2) is 9.75. The van der Waals surface area contributed by atoms with Gasteiger partial charge in [0.05, 0.1) is 4.47 Å². The fourth-order valence-electron chi connectivity index (χ4n) is 2.21. The standard InChI is InChI=1S/C21H22BrClN2O3/c1-21(2,3)15-9-10-18(16(22)12-15)28-13-20(27)25-24-19(26)11-8-14-6-4-5-7-17(14)23/h4-12H,13H2,1-3H3,(H,24,26)(H,25,27). The summed E-state index contributed by atoms with van der Waals surface area (Å²) in [4.78, 5) is 23.7. The Bertz CT molecular complexity index is 891. The highest BCUT2D eigenvalue weighted by atomic mass is 79.9. The van der Waals surface area contributed by atoms with Gasteiger partial charge in [-0.2, -0.15) is 0 Å². The third-order valence-corrected chi connectivity index (χ3v) is 4.77. The second-order valence-corrected chi connectivity index (χ2v) is 8.34. The number of halogens is 2. The Labute approximate surface area is 178 Å². The minimum atomic E-state index is -0.482. The second-order valence-electron chi connectivity index (χ2n) is 7.08. The number of rotatable bonds is 5. The van der Waals surface area contributed by atoms with Gasteiger partial charge < -0.3 is 4.74 Å². The first-order chi connectivity index (χ1) is 13.2. The number of hydrogen-bond donors (Lipinski definition) is 2. The van der Waals surface area contributed by atoms with Crippen LogP contribution in [0.4, 0.5) is 0 Å². The van der Waals surface area contributed by atoms with E-state index in [1.807, 2.05) is 24.3 Å². The maximum absolute atomic E-state index is 11.9. The van der Waals surface area contributed by atoms with Crippen LogP contribution >= 0.6 is 27.5 Å². The predicted octanol–water partition coefficient (Wildman–Crippen LogP) is 4.64. The molecule has 28 heavy (non-hydrogen) atoms. The van der Waals surface area contributed by atoms with Gasteiger partial charge in [0, 0.05) is 11.1 Å². The minimum absolute atomic E-state index is 0.0141. The third-order valence-electron chi connectivity index (χ3n) is 3.80. The number of amides is 2. The molecular formula is C21H22BrClN2O3. The molecular weight excluding hydrogens is 444 g/mol. The van der Waals surface area contributed by atoms with Crippen molar-refractivity contribution in [3.8, 4) is 5.75 Å². The van der Waals surface area contributed by atoms with Crippen molar-refractivity contribution in [3.05, 3.63) is 69.2 Å². The van der Waals surface area contributed by atoms with E-state index in [0.717, 1.165) is 10.0 Å². The highest BCUT2D eigenvalue weighted by molar-refractivity contribution is 9.10. The lowest BCUT2D eigenvalue weighted by Gasteiger charge is -2.20. The van der Waals surface area contributed by atoms with Crippen LogP contribution in [0.25, 0.3) is 6.08 Å². The van der Waals surface area contributed by atoms with E-state index in [9.17, 15) is 9.59 Å². The number of carbonyl (C=O) groups is 2. The van der Waals surface area contributed by atoms with Gasteiger partial charge in [-0.15, -0.1) is 0 Å². The average molecular weight is 466 g/mol. The van der Waals surface area contributed by atoms with Crippen molar-refractivity contribution in [2.75, 3.05) is 6.61 Å². The summed E-state index contributed by atoms with van der Waals surface area (Å²) in [6, 6.07) is 12.9. The lowest BCUT2D eigenvalue weighted by Crippen LogP contribution is -2.43. The van der Waals surface area contributed by atoms with Crippen LogP contribution in [0, 0.1) is 0 Å². The van der Waals surface area contributed by atoms with Crippen LogP contribution in [-0.4, -0.2) is 18.4 Å². The van der Waals surface area contributed by atoms with Crippen LogP contribution in [-0.2, 0) is 15.0 Å². The van der Waals surface area contributed by atoms with Gasteiger partial charge in [-0.1, -0.05) is 56.6 Å². The molecule has 2 amide bonds. The number of ether oxygens (including phenoxy) is 1. The zero-order valence-corrected chi connectivity index (χ0v) is 18.2. The molecule has 0 atom stereocenters. The van der Waals surface area contributed by atoms with Crippen LogP contribution in [0.2, 0.25) is 5.02 Å². The van der Waals surface area contributed by atoms with E-state index in [1.165, 1.54) is 6.08 Å². The Hall–Kier alpha value is -2.31. The van der Waals surface area contributed by atoms with Crippen molar-refractivity contribution in [2.24, 2.45) is 0 Å². The molecule has 2 aromatic carbocycles. The Kier molecular flexibility index (Phi) is 7.66. The molecule has 0 aliphatic rings. The summed E-state index contributed by atoms with van der Waals surface area (Å²) in [5.74, 6) is -0.414. The van der Waals surface area contributed by atoms with E-state index in [2.05, 4.69) is 47.6 Å². The summed E-state index contributed by atoms with van der Waals surface area (Å²) < 4.78 is 6.26. The molecule has 0 unspecified atom stereocenters. The fraction of sp³-hybridized carbons (Fsp3) is 0.238. The summed E-state index contributed by atoms with van der Waals surface area (Å²) in [6.07, 6.45) is 2.85. The molecule has 2 aromatic rings. The molecule has 2 rings (SSSR count). The lowest BCUT2D eigenvalue weighted by molar-refractivity contribution is -0.128. The van der Waals surface area contributed by atoms with Gasteiger partial charge in [-0.05, 0) is 56.7 Å². The molecule has 0 aromatic heterocycles. The fourth-order valence-corrected chi connectivity index (χ4v) is 2.90. The van der Waals surface area contributed by atoms with E-state index >= 15 is 0 Å². The Morgan fingerprint density at radius 2 is 1.86 bits per heavy atom. The van der Waals surface area contributed by atoms with Crippen molar-refractivity contribution in [2.45, 2.75) is 26.2 Å². The first-order valence-corrected chi connectivity index (χ1v) is 9.78. The lowest BCUT2D eigenvalue weighted by atomic mass is 9.87. The maximum atomic E-state index is 11.9. The SMILES string of the molecule is CC(C)(C)c1ccc(OCC(=O)NNC(=O)C=Cc2ccccc2Cl)c(Br)c1. The third kappa shape index (κ3) is 6.69. The summed E-state index contributed by atoms with van der Waals surface area (Å²) in [7, 11) is 0. The zero-order valence-electron chi connectivity index (χ0n) is 15.9. The van der Waals surface area contributed by atoms with Crippen LogP contribution in [0.5, 0.6) is 5.75 Å². The summed E-state index contributed by atoms with van der Waals surface area (Å²) in [5, 5.41) is 0.534. The van der Waals surface area contributed by atoms with E-state index in [0.29, 0.717) is 16.3 Å². The van der Waals surface area contributed by atoms with Crippen molar-refractivity contribution >= 4 is 45.4 Å². The molecule has 0 saturated heterocycles. The molecule has 0 fully saturated rings. The first-order valence-electron chi connectivity index (χ1n) is 8.61. The maximum Gasteiger partial charge on any atom is 0.276 e. The van der Waals surface area contributed by atoms with Gasteiger partial charge in [-0.25, -0.2) is 0 Å². The molecule has 0 aliphatic carbocycles. The van der Waals surface area contributed by atoms with E-state index in [4.69, 9.17) is 16.3 Å². The van der Waals surface area contributed by atoms with Crippen molar-refractivity contribution in [1.82, 2.24) is 10.9 Å². The average Bonchev–Trinajstić information content (AvgIpc) is 2.64. The van der Waals surface area contributed by atoms with E-state index in [1.54, 1.807) is 24.3 Å². The van der Waals surface area contributed by atoms with Crippen molar-refractivity contribution in [3.63, 3.8) is 0 Å². The molecule has 0 radical (unpaired) electrons. The Morgan fingerprint density at radius 3 is 2.50 bits per heavy atom. The molecule has 0 spiro atoms. The molecule has 0 bridgehead atoms. The highest BCUT2D eigenvalue weighted by Gasteiger charge is 2.15. The highest BCUT2D eigenvalue weighted by Crippen LogP contribution is 2.31. The molecule has 7 heteroatoms. The minimum Gasteiger partial charge on any atom is -0.483 e. The molecule has 2 N–H and O–H groups in total. The van der Waals surface area contributed by atoms with Crippen LogP contribution in [0.15, 0.2) is 53.0 Å². The van der Waals surface area contributed by atoms with Crippen LogP contribution in [0.1, 0.15) is 31.9 Å². The van der Waals surface area contributed by atoms with E-state index in [-0.39, 0.29) is 12.0 Å². The molecule has 5 nitrogen and oxygen atoms in total. The molecule has 0 heterocycles. The summed E-state index contributed by atoms with van der Waals surface area (Å²) in [6.45, 7) is 6.12. The Morgan fingerprint density at radius 1 is 1.14 bits per heavy atom. The van der Waals surface area contributed by atoms with Gasteiger partial charge in [0.1, 0.15) is 5.75 Å². The van der Waals surface area contributed by atoms with Gasteiger partial charge in [0.2, 0.25) is 0 Å². The van der Waals surface area contributed by atoms with Crippen LogP contribution in [0.3, 0.4) is 0 Å². The first kappa shape index (κ1) is 22.0. The van der Waals surface area contributed by atoms with Crippen molar-refractivity contribution in [1.29, 1.82) is 0 Å². The van der Waals surface area contributed by atoms with Crippen molar-refractivity contribution < 1.29 is 14.3 Å². The quantitative estimate of drug-likeness (QED) is 0.499. The smallest absolute Gasteiger partial charge is 0.276 e. The molecule has 0 aliphatic heterocycles. The van der Waals surface area contributed by atoms with E-state index < -0.39 is 11.8 Å². The number of nitrogens with one attached hydrogen (secondary N) is 2.